The van der Waals surface area contributed by atoms with Gasteiger partial charge in [0.1, 0.15) is 5.78 Å². The van der Waals surface area contributed by atoms with Gasteiger partial charge in [0.25, 0.3) is 0 Å². The maximum atomic E-state index is 12.4. The van der Waals surface area contributed by atoms with Gasteiger partial charge in [-0.25, -0.2) is 0 Å². The fourth-order valence-electron chi connectivity index (χ4n) is 3.75. The topological polar surface area (TPSA) is 60.4 Å². The molecule has 4 aliphatic rings. The Morgan fingerprint density at radius 1 is 1.17 bits per heavy atom. The second kappa shape index (κ2) is 3.11. The van der Waals surface area contributed by atoms with Crippen molar-refractivity contribution < 1.29 is 19.1 Å². The minimum absolute atomic E-state index is 0.0328. The smallest absolute Gasteiger partial charge is 0.318 e. The van der Waals surface area contributed by atoms with E-state index in [-0.39, 0.29) is 17.1 Å². The molecule has 1 heterocycles. The summed E-state index contributed by atoms with van der Waals surface area (Å²) >= 11 is 0. The normalized spacial score (nSPS) is 44.8. The number of rotatable bonds is 0. The van der Waals surface area contributed by atoms with E-state index < -0.39 is 29.2 Å². The van der Waals surface area contributed by atoms with Crippen molar-refractivity contribution in [3.8, 4) is 0 Å². The molecule has 0 amide bonds. The third-order valence-corrected chi connectivity index (χ3v) is 4.89. The highest BCUT2D eigenvalue weighted by molar-refractivity contribution is 6.03. The Balaban J connectivity index is 2.23. The van der Waals surface area contributed by atoms with Gasteiger partial charge in [0.2, 0.25) is 0 Å². The van der Waals surface area contributed by atoms with Gasteiger partial charge in [0, 0.05) is 6.42 Å². The number of ketones is 1. The van der Waals surface area contributed by atoms with Crippen LogP contribution in [-0.2, 0) is 19.1 Å². The van der Waals surface area contributed by atoms with Gasteiger partial charge in [-0.3, -0.25) is 14.4 Å². The van der Waals surface area contributed by atoms with Crippen LogP contribution in [0.1, 0.15) is 27.2 Å². The molecule has 18 heavy (non-hydrogen) atoms. The molecule has 4 atom stereocenters. The molecule has 3 aliphatic carbocycles. The molecule has 2 bridgehead atoms. The van der Waals surface area contributed by atoms with Crippen molar-refractivity contribution in [3.63, 3.8) is 0 Å². The number of carbonyl (C=O) groups is 3. The van der Waals surface area contributed by atoms with Crippen LogP contribution in [0, 0.1) is 28.6 Å². The highest BCUT2D eigenvalue weighted by atomic mass is 16.6. The lowest BCUT2D eigenvalue weighted by molar-refractivity contribution is -0.156. The Labute approximate surface area is 105 Å². The predicted octanol–water partition coefficient (Wildman–Crippen LogP) is 1.49. The van der Waals surface area contributed by atoms with Crippen LogP contribution >= 0.6 is 0 Å². The van der Waals surface area contributed by atoms with Crippen molar-refractivity contribution in [2.24, 2.45) is 28.6 Å². The molecule has 0 aromatic carbocycles. The van der Waals surface area contributed by atoms with E-state index in [0.717, 1.165) is 0 Å². The first kappa shape index (κ1) is 11.6. The third kappa shape index (κ3) is 1.18. The fourth-order valence-corrected chi connectivity index (χ4v) is 3.75. The van der Waals surface area contributed by atoms with Crippen molar-refractivity contribution >= 4 is 17.7 Å². The molecular weight excluding hydrogens is 232 g/mol. The average Bonchev–Trinajstić information content (AvgIpc) is 2.48. The lowest BCUT2D eigenvalue weighted by Gasteiger charge is -2.36. The van der Waals surface area contributed by atoms with Gasteiger partial charge in [-0.2, -0.15) is 0 Å². The van der Waals surface area contributed by atoms with E-state index in [1.165, 1.54) is 0 Å². The zero-order valence-electron chi connectivity index (χ0n) is 10.7. The Morgan fingerprint density at radius 3 is 2.50 bits per heavy atom. The van der Waals surface area contributed by atoms with Gasteiger partial charge in [-0.05, 0) is 18.3 Å². The molecule has 96 valence electrons. The van der Waals surface area contributed by atoms with E-state index in [4.69, 9.17) is 4.74 Å². The lowest BCUT2D eigenvalue weighted by atomic mass is 9.62. The molecule has 0 N–H and O–H groups in total. The molecule has 0 aromatic heterocycles. The Kier molecular flexibility index (Phi) is 2.01. The quantitative estimate of drug-likeness (QED) is 0.370. The summed E-state index contributed by atoms with van der Waals surface area (Å²) in [7, 11) is 0. The summed E-state index contributed by atoms with van der Waals surface area (Å²) < 4.78 is 4.78. The van der Waals surface area contributed by atoms with E-state index in [1.807, 2.05) is 26.0 Å². The molecule has 4 heteroatoms. The van der Waals surface area contributed by atoms with Crippen LogP contribution in [-0.4, -0.2) is 17.7 Å². The number of esters is 2. The molecule has 1 saturated heterocycles. The summed E-state index contributed by atoms with van der Waals surface area (Å²) in [6.45, 7) is 5.70. The molecule has 0 aromatic rings. The molecule has 4 nitrogen and oxygen atoms in total. The number of ether oxygens (including phenoxy) is 1. The summed E-state index contributed by atoms with van der Waals surface area (Å²) in [4.78, 5) is 36.2. The maximum Gasteiger partial charge on any atom is 0.318 e. The minimum Gasteiger partial charge on any atom is -0.393 e. The molecular formula is C14H16O4. The minimum atomic E-state index is -0.877. The van der Waals surface area contributed by atoms with Crippen LogP contribution in [0.3, 0.4) is 0 Å². The van der Waals surface area contributed by atoms with E-state index >= 15 is 0 Å². The summed E-state index contributed by atoms with van der Waals surface area (Å²) in [6, 6.07) is 0. The second-order valence-corrected chi connectivity index (χ2v) is 6.50. The number of hydrogen-bond donors (Lipinski definition) is 0. The maximum absolute atomic E-state index is 12.4. The van der Waals surface area contributed by atoms with Gasteiger partial charge in [0.05, 0.1) is 17.3 Å². The van der Waals surface area contributed by atoms with Gasteiger partial charge in [-0.15, -0.1) is 0 Å². The van der Waals surface area contributed by atoms with Crippen molar-refractivity contribution in [2.75, 3.05) is 0 Å². The van der Waals surface area contributed by atoms with Gasteiger partial charge in [-0.1, -0.05) is 26.0 Å². The van der Waals surface area contributed by atoms with E-state index in [0.29, 0.717) is 6.42 Å². The van der Waals surface area contributed by atoms with Gasteiger partial charge < -0.3 is 4.74 Å². The van der Waals surface area contributed by atoms with Crippen LogP contribution < -0.4 is 0 Å². The molecule has 4 rings (SSSR count). The fraction of sp³-hybridized carbons (Fsp3) is 0.643. The van der Waals surface area contributed by atoms with Crippen molar-refractivity contribution in [1.29, 1.82) is 0 Å². The van der Waals surface area contributed by atoms with E-state index in [9.17, 15) is 14.4 Å². The van der Waals surface area contributed by atoms with Crippen molar-refractivity contribution in [2.45, 2.75) is 27.2 Å². The van der Waals surface area contributed by atoms with Crippen LogP contribution in [0.25, 0.3) is 0 Å². The zero-order chi connectivity index (χ0) is 13.3. The van der Waals surface area contributed by atoms with Crippen LogP contribution in [0.15, 0.2) is 12.2 Å². The van der Waals surface area contributed by atoms with E-state index in [1.54, 1.807) is 6.92 Å². The molecule has 1 aliphatic heterocycles. The zero-order valence-corrected chi connectivity index (χ0v) is 10.7. The number of Topliss-reactive ketones (excluding diaryl/α,β-unsaturated/α-hetero) is 1. The first-order valence-corrected chi connectivity index (χ1v) is 6.25. The highest BCUT2D eigenvalue weighted by Gasteiger charge is 2.64. The molecule has 0 radical (unpaired) electrons. The van der Waals surface area contributed by atoms with Crippen molar-refractivity contribution in [3.05, 3.63) is 12.2 Å². The Morgan fingerprint density at radius 2 is 1.83 bits per heavy atom. The van der Waals surface area contributed by atoms with Crippen LogP contribution in [0.2, 0.25) is 0 Å². The largest absolute Gasteiger partial charge is 0.393 e. The Hall–Kier alpha value is -1.45. The number of fused-ring (bicyclic) bond motifs is 2. The number of cyclic esters (lactones) is 2. The number of hydrogen-bond acceptors (Lipinski definition) is 4. The average molecular weight is 248 g/mol. The van der Waals surface area contributed by atoms with Gasteiger partial charge >= 0.3 is 11.9 Å². The first-order valence-electron chi connectivity index (χ1n) is 6.25. The molecule has 1 saturated carbocycles. The van der Waals surface area contributed by atoms with E-state index in [2.05, 4.69) is 0 Å². The Bertz CT molecular complexity index is 502. The number of carbonyl (C=O) groups excluding carboxylic acids is 3. The summed E-state index contributed by atoms with van der Waals surface area (Å²) in [6.07, 6.45) is 4.15. The lowest BCUT2D eigenvalue weighted by Crippen LogP contribution is -2.42. The predicted molar refractivity (Wildman–Crippen MR) is 62.2 cm³/mol. The summed E-state index contributed by atoms with van der Waals surface area (Å²) in [5.74, 6) is -2.18. The molecule has 2 fully saturated rings. The van der Waals surface area contributed by atoms with Crippen molar-refractivity contribution in [1.82, 2.24) is 0 Å². The third-order valence-electron chi connectivity index (χ3n) is 4.89. The monoisotopic (exact) mass is 248 g/mol. The van der Waals surface area contributed by atoms with Crippen LogP contribution in [0.5, 0.6) is 0 Å². The SMILES string of the molecule is CC1(C)CC(=O)[C@@]2(C)C=C[C@@H]1[C@@H]1C(=O)OC(=O)[C@@H]12. The molecule has 0 spiro atoms. The van der Waals surface area contributed by atoms with Crippen LogP contribution in [0.4, 0.5) is 0 Å². The molecule has 0 unspecified atom stereocenters. The van der Waals surface area contributed by atoms with Gasteiger partial charge in [0.15, 0.2) is 0 Å². The highest BCUT2D eigenvalue weighted by Crippen LogP contribution is 2.57. The standard InChI is InChI=1S/C14H16O4/c1-13(2)6-8(15)14(3)5-4-7(13)9-10(14)12(17)18-11(9)16/h4-5,7,9-10H,6H2,1-3H3/t7-,9+,10-,14-/m1/s1. The summed E-state index contributed by atoms with van der Waals surface area (Å²) in [5, 5.41) is 0. The second-order valence-electron chi connectivity index (χ2n) is 6.50. The summed E-state index contributed by atoms with van der Waals surface area (Å²) in [5.41, 5.74) is -1.19. The number of allylic oxidation sites excluding steroid dienone is 2. The first-order chi connectivity index (χ1) is 8.27.